The normalized spacial score (nSPS) is 36.6. The SMILES string of the molecule is C.CC(=O)OOC(C)=O.C[C@@H]1CN[C@H]2[C@@H](C)[C@@]3(CC[C@H]4[C@@H]5CC=C6CC(=O)CC[C@]6(C)[C@H]5CC45CC53C)O[C@@H]2C1.C[C@H]1C[C@H]2O[C@]3(CC[C@H]4[C@@H]5CCC6=CC(=O)CC[C@]6(C)[C@H]5CC45CC53C)[C@H](C)[C@@H]2N(CCNC(=O)CCCCCNC(=O)CCc2ccccc2)C1.O=CCNC(=O)CCCCCNC(=O)CCc1ccccc1.[B-]OC(C)=O.[Na+]. The monoisotopic (exact) mass is 1670 g/mol. The second-order valence-electron chi connectivity index (χ2n) is 39.4. The van der Waals surface area contributed by atoms with E-state index in [2.05, 4.69) is 134 Å². The molecule has 0 aromatic heterocycles. The molecule has 21 nitrogen and oxygen atoms in total. The van der Waals surface area contributed by atoms with E-state index in [0.717, 1.165) is 171 Å². The van der Waals surface area contributed by atoms with Crippen molar-refractivity contribution in [1.29, 1.82) is 0 Å². The van der Waals surface area contributed by atoms with Gasteiger partial charge in [0.05, 0.1) is 30.0 Å². The number of aldehydes is 1. The summed E-state index contributed by atoms with van der Waals surface area (Å²) in [5, 5.41) is 15.6. The Morgan fingerprint density at radius 1 is 0.575 bits per heavy atom. The van der Waals surface area contributed by atoms with Crippen LogP contribution in [0.5, 0.6) is 0 Å². The number of rotatable bonds is 23. The Hall–Kier alpha value is -5.88. The van der Waals surface area contributed by atoms with Crippen LogP contribution < -0.4 is 56.1 Å². The molecule has 2 aromatic carbocycles. The number of hydrogen-bond acceptors (Lipinski definition) is 17. The third-order valence-electron chi connectivity index (χ3n) is 32.8. The maximum Gasteiger partial charge on any atom is 1.00 e. The molecule has 4 spiro atoms. The zero-order valence-corrected chi connectivity index (χ0v) is 75.9. The van der Waals surface area contributed by atoms with Crippen LogP contribution in [0.2, 0.25) is 0 Å². The molecule has 2 aromatic rings. The van der Waals surface area contributed by atoms with Crippen molar-refractivity contribution in [1.82, 2.24) is 31.5 Å². The minimum atomic E-state index is -0.639. The number of nitrogens with zero attached hydrogens (tertiary/aromatic N) is 1. The largest absolute Gasteiger partial charge is 1.00 e. The summed E-state index contributed by atoms with van der Waals surface area (Å²) >= 11 is 0. The number of likely N-dealkylation sites (tertiary alicyclic amines) is 1. The summed E-state index contributed by atoms with van der Waals surface area (Å²) in [6.07, 6.45) is 35.7. The molecule has 120 heavy (non-hydrogen) atoms. The van der Waals surface area contributed by atoms with Crippen molar-refractivity contribution in [3.8, 4) is 0 Å². The Bertz CT molecular complexity index is 3990. The molecule has 4 amide bonds. The van der Waals surface area contributed by atoms with Gasteiger partial charge in [-0.25, -0.2) is 19.4 Å². The molecule has 23 heteroatoms. The van der Waals surface area contributed by atoms with E-state index in [9.17, 15) is 47.9 Å². The predicted octanol–water partition coefficient (Wildman–Crippen LogP) is 11.6. The van der Waals surface area contributed by atoms with E-state index in [4.69, 9.17) is 9.47 Å². The van der Waals surface area contributed by atoms with Crippen LogP contribution in [0.4, 0.5) is 0 Å². The molecule has 12 fully saturated rings. The van der Waals surface area contributed by atoms with Gasteiger partial charge >= 0.3 is 41.5 Å². The number of carbonyl (C=O) groups excluding carboxylic acids is 10. The molecule has 4 heterocycles. The van der Waals surface area contributed by atoms with E-state index in [-0.39, 0.29) is 101 Å². The summed E-state index contributed by atoms with van der Waals surface area (Å²) in [5.74, 6) is 6.57. The first kappa shape index (κ1) is 96.3. The number of benzene rings is 2. The molecule has 5 N–H and O–H groups in total. The Morgan fingerprint density at radius 2 is 1.07 bits per heavy atom. The molecule has 10 aliphatic carbocycles. The summed E-state index contributed by atoms with van der Waals surface area (Å²) in [6.45, 7) is 28.8. The summed E-state index contributed by atoms with van der Waals surface area (Å²) in [7, 11) is 4.32. The van der Waals surface area contributed by atoms with E-state index < -0.39 is 17.9 Å². The third-order valence-corrected chi connectivity index (χ3v) is 32.8. The zero-order valence-electron chi connectivity index (χ0n) is 73.9. The van der Waals surface area contributed by atoms with Crippen LogP contribution >= 0.6 is 0 Å². The number of ether oxygens (including phenoxy) is 2. The van der Waals surface area contributed by atoms with Crippen LogP contribution in [0.3, 0.4) is 0 Å². The van der Waals surface area contributed by atoms with Gasteiger partial charge in [-0.1, -0.05) is 154 Å². The van der Waals surface area contributed by atoms with Gasteiger partial charge in [-0.2, -0.15) is 0 Å². The fourth-order valence-corrected chi connectivity index (χ4v) is 26.9. The zero-order chi connectivity index (χ0) is 84.6. The second-order valence-corrected chi connectivity index (χ2v) is 39.4. The molecule has 4 aliphatic heterocycles. The minimum Gasteiger partial charge on any atom is -0.793 e. The smallest absolute Gasteiger partial charge is 0.793 e. The van der Waals surface area contributed by atoms with Gasteiger partial charge in [0.15, 0.2) is 5.78 Å². The number of allylic oxidation sites excluding steroid dienone is 4. The molecule has 16 rings (SSSR count). The first-order chi connectivity index (χ1) is 56.4. The fourth-order valence-electron chi connectivity index (χ4n) is 26.9. The number of ketones is 2. The van der Waals surface area contributed by atoms with E-state index in [1.54, 1.807) is 0 Å². The predicted molar refractivity (Wildman–Crippen MR) is 459 cm³/mol. The van der Waals surface area contributed by atoms with Crippen LogP contribution in [0.15, 0.2) is 84.0 Å². The molecule has 8 saturated carbocycles. The molecule has 22 atom stereocenters. The van der Waals surface area contributed by atoms with Gasteiger partial charge < -0.3 is 53.6 Å². The van der Waals surface area contributed by atoms with Crippen LogP contribution in [-0.4, -0.2) is 154 Å². The van der Waals surface area contributed by atoms with Crippen LogP contribution in [-0.2, 0) is 84.7 Å². The van der Waals surface area contributed by atoms with Crippen LogP contribution in [0.25, 0.3) is 0 Å². The molecular formula is C97H143BN6NaO15. The average molecular weight is 1670 g/mol. The Balaban J connectivity index is 0.000000188. The first-order valence-electron chi connectivity index (χ1n) is 45.4. The van der Waals surface area contributed by atoms with Crippen LogP contribution in [0, 0.1) is 91.7 Å². The second kappa shape index (κ2) is 41.1. The van der Waals surface area contributed by atoms with E-state index in [1.165, 1.54) is 99.8 Å². The molecular weight excluding hydrogens is 1520 g/mol. The van der Waals surface area contributed by atoms with Gasteiger partial charge in [0, 0.05) is 133 Å². The quantitative estimate of drug-likeness (QED) is 0.0173. The van der Waals surface area contributed by atoms with Crippen molar-refractivity contribution in [2.24, 2.45) is 91.7 Å². The van der Waals surface area contributed by atoms with E-state index in [1.807, 2.05) is 48.5 Å². The van der Waals surface area contributed by atoms with Crippen molar-refractivity contribution < 1.29 is 101 Å². The van der Waals surface area contributed by atoms with Crippen molar-refractivity contribution in [2.75, 3.05) is 45.8 Å². The fraction of sp³-hybridized carbons (Fsp3) is 0.732. The summed E-state index contributed by atoms with van der Waals surface area (Å²) in [5.41, 5.74) is 7.35. The van der Waals surface area contributed by atoms with Crippen molar-refractivity contribution >= 4 is 67.4 Å². The summed E-state index contributed by atoms with van der Waals surface area (Å²) in [6, 6.07) is 21.0. The van der Waals surface area contributed by atoms with Gasteiger partial charge in [-0.05, 0) is 228 Å². The third kappa shape index (κ3) is 20.2. The van der Waals surface area contributed by atoms with Crippen LogP contribution in [0.1, 0.15) is 274 Å². The topological polar surface area (TPSA) is 280 Å². The van der Waals surface area contributed by atoms with E-state index >= 15 is 0 Å². The maximum absolute atomic E-state index is 12.8. The number of hydrogen-bond donors (Lipinski definition) is 5. The Labute approximate surface area is 739 Å². The average Bonchev–Trinajstić information content (AvgIpc) is 1.46. The molecule has 0 bridgehead atoms. The number of piperidine rings is 2. The molecule has 14 aliphatic rings. The standard InChI is InChI=1S/C45H65N3O4.C28H41NO2.C17H24N2O3.C4H6O4.C2H3BO2.CH4.Na/c1-30-25-38-41(48(28-30)24-23-47-39(50)13-9-6-10-22-46-40(51)17-14-32-11-7-5-8-12-32)31(2)45(52-38)21-19-36-35-16-15-33-26-34(49)18-20-42(33,3)37(35)27-44(36)29-43(44,45)4;1-16-11-23-24(29-14-16)17(2)28(31-23)10-8-21-20-6-5-18-12-19(30)7-9-25(18,3)22(20)13-27(21)15-26(27,28)4;20-14-13-19-16(21)9-5-2-6-12-18-17(22)11-10-15-7-3-1-4-8-15;1-3(5)7-8-4(2)6;1-2(4)5-3;;/h5,7-8,11-12,26,30-31,35-38,41H,6,9-10,13-25,27-29H2,1-4H3,(H,46,51)(H,47,50);5,16-17,20-24,29H,6-15H2,1-4H3;1,3-4,7-8,14H,2,5-6,9-13H2,(H,18,22)(H,19,21);1-2H3;1H3;1H4;/q;;;;-1;;+1/t30-,31+,35-,36-,37-,38+,41-,42-,43?,44?,45+;16-,17+,20-,21-,22-,23+,24-,25-,26?,27?,28+;;;;;/m00...../s1. The Kier molecular flexibility index (Phi) is 33.0. The number of Topliss-reactive ketones (excluding diaryl/α,β-unsaturated/α-hetero) is 1. The summed E-state index contributed by atoms with van der Waals surface area (Å²) in [4.78, 5) is 122. The van der Waals surface area contributed by atoms with Gasteiger partial charge in [-0.15, -0.1) is 0 Å². The van der Waals surface area contributed by atoms with Gasteiger partial charge in [0.25, 0.3) is 0 Å². The van der Waals surface area contributed by atoms with Gasteiger partial charge in [0.2, 0.25) is 29.6 Å². The van der Waals surface area contributed by atoms with Gasteiger partial charge in [-0.3, -0.25) is 38.5 Å². The first-order valence-corrected chi connectivity index (χ1v) is 45.4. The van der Waals surface area contributed by atoms with Crippen molar-refractivity contribution in [3.63, 3.8) is 0 Å². The molecule has 3 radical (unpaired) electrons. The number of unbranched alkanes of at least 4 members (excludes halogenated alkanes) is 4. The van der Waals surface area contributed by atoms with Gasteiger partial charge in [0.1, 0.15) is 12.1 Å². The van der Waals surface area contributed by atoms with Crippen molar-refractivity contribution in [2.45, 2.75) is 312 Å². The number of nitrogens with one attached hydrogen (secondary N) is 5. The Morgan fingerprint density at radius 3 is 1.63 bits per heavy atom. The van der Waals surface area contributed by atoms with Crippen molar-refractivity contribution in [3.05, 3.63) is 95.1 Å². The number of fused-ring (bicyclic) bond motifs is 12. The maximum atomic E-state index is 12.8. The number of carbonyl (C=O) groups is 10. The number of amides is 4. The molecule has 4 unspecified atom stereocenters. The van der Waals surface area contributed by atoms with E-state index in [0.29, 0.717) is 115 Å². The minimum absolute atomic E-state index is 0. The molecule has 655 valence electrons. The molecule has 4 saturated heterocycles. The summed E-state index contributed by atoms with van der Waals surface area (Å²) < 4.78 is 18.3. The number of aryl methyl sites for hydroxylation is 2.